The zero-order chi connectivity index (χ0) is 6.08. The van der Waals surface area contributed by atoms with Crippen LogP contribution in [-0.4, -0.2) is 36.9 Å². The Bertz CT molecular complexity index is 107. The molecule has 0 atom stereocenters. The van der Waals surface area contributed by atoms with Crippen LogP contribution in [0.25, 0.3) is 0 Å². The van der Waals surface area contributed by atoms with Crippen LogP contribution < -0.4 is 9.79 Å². The molecule has 48 valence electrons. The van der Waals surface area contributed by atoms with Crippen LogP contribution in [0.3, 0.4) is 0 Å². The Morgan fingerprint density at radius 3 is 1.50 bits per heavy atom. The van der Waals surface area contributed by atoms with E-state index in [0.29, 0.717) is 0 Å². The van der Waals surface area contributed by atoms with E-state index in [4.69, 9.17) is 0 Å². The van der Waals surface area contributed by atoms with E-state index in [0.717, 1.165) is 0 Å². The van der Waals surface area contributed by atoms with Gasteiger partial charge >= 0.3 is 24.4 Å². The van der Waals surface area contributed by atoms with Crippen molar-refractivity contribution in [3.8, 4) is 0 Å². The first kappa shape index (κ1) is 12.5. The standard InChI is InChI=1S/C2H6O2PS2.Sb/c1-7(2)5(3,4)6;/h1-2H3;/q-3;+3. The molecule has 0 aliphatic rings. The van der Waals surface area contributed by atoms with E-state index in [1.165, 1.54) is 0 Å². The Morgan fingerprint density at radius 1 is 1.38 bits per heavy atom. The summed E-state index contributed by atoms with van der Waals surface area (Å²) in [4.78, 5) is 20.4. The van der Waals surface area contributed by atoms with Gasteiger partial charge in [0.15, 0.2) is 0 Å². The van der Waals surface area contributed by atoms with Crippen LogP contribution in [0.1, 0.15) is 0 Å². The van der Waals surface area contributed by atoms with Gasteiger partial charge in [0.25, 0.3) is 0 Å². The fourth-order valence-electron chi connectivity index (χ4n) is 0. The molecule has 0 saturated carbocycles. The average Bonchev–Trinajstić information content (AvgIpc) is 1.31. The molecule has 2 radical (unpaired) electrons. The normalized spacial score (nSPS) is 11.2. The minimum atomic E-state index is -3.38. The Kier molecular flexibility index (Phi) is 7.28. The van der Waals surface area contributed by atoms with Crippen LogP contribution in [-0.2, 0) is 22.3 Å². The molecule has 0 fully saturated rings. The molecule has 0 saturated heterocycles. The van der Waals surface area contributed by atoms with Gasteiger partial charge in [-0.25, -0.2) is 10.1 Å². The summed E-state index contributed by atoms with van der Waals surface area (Å²) in [5.41, 5.74) is -3.38. The molecular weight excluding hydrogens is 273 g/mol. The molecule has 2 nitrogen and oxygen atoms in total. The van der Waals surface area contributed by atoms with Gasteiger partial charge in [0.05, 0.1) is 0 Å². The summed E-state index contributed by atoms with van der Waals surface area (Å²) in [6.45, 7) is 0. The first-order chi connectivity index (χ1) is 2.94. The second-order valence-corrected chi connectivity index (χ2v) is 9.43. The topological polar surface area (TPSA) is 46.1 Å². The van der Waals surface area contributed by atoms with E-state index in [9.17, 15) is 9.79 Å². The fraction of sp³-hybridized carbons (Fsp3) is 1.00. The van der Waals surface area contributed by atoms with Gasteiger partial charge in [0.1, 0.15) is 0 Å². The van der Waals surface area contributed by atoms with Crippen LogP contribution in [0.2, 0.25) is 0 Å². The van der Waals surface area contributed by atoms with Gasteiger partial charge in [-0.1, -0.05) is 0 Å². The van der Waals surface area contributed by atoms with Gasteiger partial charge in [-0.2, -0.15) is 0 Å². The van der Waals surface area contributed by atoms with E-state index in [2.05, 4.69) is 12.2 Å². The largest absolute Gasteiger partial charge is 3.00 e. The van der Waals surface area contributed by atoms with Crippen molar-refractivity contribution < 1.29 is 9.79 Å². The van der Waals surface area contributed by atoms with E-state index in [1.807, 2.05) is 0 Å². The Balaban J connectivity index is 0. The van der Waals surface area contributed by atoms with Crippen molar-refractivity contribution >= 4 is 52.4 Å². The third kappa shape index (κ3) is 6.00. The van der Waals surface area contributed by atoms with Crippen molar-refractivity contribution in [1.29, 1.82) is 0 Å². The van der Waals surface area contributed by atoms with Crippen molar-refractivity contribution in [2.75, 3.05) is 12.5 Å². The quantitative estimate of drug-likeness (QED) is 0.306. The van der Waals surface area contributed by atoms with Crippen molar-refractivity contribution in [2.24, 2.45) is 0 Å². The maximum atomic E-state index is 10.2. The Labute approximate surface area is 74.4 Å². The molecule has 8 heavy (non-hydrogen) atoms. The maximum Gasteiger partial charge on any atom is 3.00 e. The summed E-state index contributed by atoms with van der Waals surface area (Å²) in [5.74, 6) is 0. The molecule has 0 aromatic heterocycles. The summed E-state index contributed by atoms with van der Waals surface area (Å²) in [5, 5.41) is 0. The molecule has 0 spiro atoms. The first-order valence-corrected chi connectivity index (χ1v) is 6.83. The van der Waals surface area contributed by atoms with E-state index >= 15 is 0 Å². The molecule has 0 heterocycles. The van der Waals surface area contributed by atoms with Gasteiger partial charge in [-0.15, -0.1) is 0 Å². The molecule has 0 bridgehead atoms. The van der Waals surface area contributed by atoms with E-state index < -0.39 is 15.8 Å². The number of hydrogen-bond donors (Lipinski definition) is 0. The van der Waals surface area contributed by atoms with E-state index in [-0.39, 0.29) is 24.4 Å². The SMILES string of the molecule is CS(C)=P([O-])([O-])[S-].[Sb+3]. The zero-order valence-electron chi connectivity index (χ0n) is 4.53. The summed E-state index contributed by atoms with van der Waals surface area (Å²) < 4.78 is 0. The zero-order valence-corrected chi connectivity index (χ0v) is 9.61. The second-order valence-electron chi connectivity index (χ2n) is 1.22. The smallest absolute Gasteiger partial charge is 0.854 e. The second kappa shape index (κ2) is 4.65. The van der Waals surface area contributed by atoms with Crippen LogP contribution in [0.5, 0.6) is 0 Å². The predicted octanol–water partition coefficient (Wildman–Crippen LogP) is -1.57. The van der Waals surface area contributed by atoms with Gasteiger partial charge in [0.2, 0.25) is 0 Å². The Hall–Kier alpha value is 1.87. The minimum absolute atomic E-state index is 0. The minimum Gasteiger partial charge on any atom is -0.854 e. The monoisotopic (exact) mass is 278 g/mol. The van der Waals surface area contributed by atoms with Crippen LogP contribution >= 0.6 is 5.69 Å². The predicted molar refractivity (Wildman–Crippen MR) is 39.3 cm³/mol. The van der Waals surface area contributed by atoms with Gasteiger partial charge in [-0.3, -0.25) is 0 Å². The molecule has 0 aliphatic heterocycles. The maximum absolute atomic E-state index is 10.2. The van der Waals surface area contributed by atoms with Crippen LogP contribution in [0, 0.1) is 0 Å². The van der Waals surface area contributed by atoms with Gasteiger partial charge in [0, 0.05) is 0 Å². The molecule has 0 N–H and O–H groups in total. The first-order valence-electron chi connectivity index (χ1n) is 1.55. The molecule has 0 unspecified atom stereocenters. The number of rotatable bonds is 0. The molecular formula is C2H6O2PS2Sb. The van der Waals surface area contributed by atoms with Crippen molar-refractivity contribution in [3.63, 3.8) is 0 Å². The third-order valence-electron chi connectivity index (χ3n) is 0.447. The molecule has 0 aromatic carbocycles. The molecule has 0 aromatic rings. The molecule has 6 heteroatoms. The number of hydrogen-bond acceptors (Lipinski definition) is 3. The average molecular weight is 279 g/mol. The van der Waals surface area contributed by atoms with Crippen molar-refractivity contribution in [1.82, 2.24) is 0 Å². The summed E-state index contributed by atoms with van der Waals surface area (Å²) in [6.07, 6.45) is 3.20. The Morgan fingerprint density at radius 2 is 1.50 bits per heavy atom. The summed E-state index contributed by atoms with van der Waals surface area (Å²) in [6, 6.07) is 0. The molecule has 0 aliphatic carbocycles. The molecule has 0 amide bonds. The third-order valence-corrected chi connectivity index (χ3v) is 6.71. The van der Waals surface area contributed by atoms with Crippen LogP contribution in [0.4, 0.5) is 0 Å². The summed E-state index contributed by atoms with van der Waals surface area (Å²) in [7, 11) is -0.618. The van der Waals surface area contributed by atoms with Gasteiger partial charge < -0.3 is 27.7 Å². The van der Waals surface area contributed by atoms with Crippen molar-refractivity contribution in [3.05, 3.63) is 0 Å². The van der Waals surface area contributed by atoms with Crippen molar-refractivity contribution in [2.45, 2.75) is 0 Å². The fourth-order valence-corrected chi connectivity index (χ4v) is 0. The van der Waals surface area contributed by atoms with Gasteiger partial charge in [-0.05, 0) is 12.5 Å². The van der Waals surface area contributed by atoms with E-state index in [1.54, 1.807) is 12.5 Å². The summed E-state index contributed by atoms with van der Waals surface area (Å²) >= 11 is 4.12. The molecule has 0 rings (SSSR count). The van der Waals surface area contributed by atoms with Crippen LogP contribution in [0.15, 0.2) is 0 Å².